The Balaban J connectivity index is 2.17. The number of rotatable bonds is 5. The van der Waals surface area contributed by atoms with Gasteiger partial charge in [-0.3, -0.25) is 4.99 Å². The lowest BCUT2D eigenvalue weighted by atomic mass is 10.2. The molecule has 0 saturated carbocycles. The van der Waals surface area contributed by atoms with Crippen molar-refractivity contribution >= 4 is 14.0 Å². The highest BCUT2D eigenvalue weighted by molar-refractivity contribution is 6.70. The van der Waals surface area contributed by atoms with E-state index in [2.05, 4.69) is 40.7 Å². The van der Waals surface area contributed by atoms with E-state index in [1.165, 1.54) is 0 Å². The molecule has 4 nitrogen and oxygen atoms in total. The average Bonchev–Trinajstić information content (AvgIpc) is 2.45. The van der Waals surface area contributed by atoms with Gasteiger partial charge in [-0.05, 0) is 45.1 Å². The van der Waals surface area contributed by atoms with Gasteiger partial charge in [-0.25, -0.2) is 9.97 Å². The number of aliphatic imine (C=N–C) groups is 1. The Morgan fingerprint density at radius 1 is 1.14 bits per heavy atom. The van der Waals surface area contributed by atoms with Crippen molar-refractivity contribution in [3.05, 3.63) is 53.6 Å². The van der Waals surface area contributed by atoms with Crippen molar-refractivity contribution in [2.45, 2.75) is 40.0 Å². The SMILES string of the molecule is CC(=NCc1ccccc1O[Si](C)(C)C)c1ncc(C)cn1. The summed E-state index contributed by atoms with van der Waals surface area (Å²) in [6, 6.07) is 8.08. The first-order chi connectivity index (χ1) is 10.3. The van der Waals surface area contributed by atoms with Crippen molar-refractivity contribution < 1.29 is 4.43 Å². The largest absolute Gasteiger partial charge is 0.544 e. The Morgan fingerprint density at radius 2 is 1.77 bits per heavy atom. The van der Waals surface area contributed by atoms with Gasteiger partial charge in [0.05, 0.1) is 12.3 Å². The van der Waals surface area contributed by atoms with Gasteiger partial charge in [-0.15, -0.1) is 0 Å². The third-order valence-corrected chi connectivity index (χ3v) is 3.81. The van der Waals surface area contributed by atoms with Crippen LogP contribution in [0.3, 0.4) is 0 Å². The molecular weight excluding hydrogens is 290 g/mol. The van der Waals surface area contributed by atoms with Gasteiger partial charge in [-0.2, -0.15) is 0 Å². The van der Waals surface area contributed by atoms with Crippen LogP contribution in [0.1, 0.15) is 23.9 Å². The highest BCUT2D eigenvalue weighted by atomic mass is 28.4. The van der Waals surface area contributed by atoms with E-state index in [0.29, 0.717) is 12.4 Å². The number of hydrogen-bond donors (Lipinski definition) is 0. The molecule has 0 N–H and O–H groups in total. The minimum Gasteiger partial charge on any atom is -0.544 e. The van der Waals surface area contributed by atoms with Gasteiger partial charge in [0.15, 0.2) is 5.82 Å². The highest BCUT2D eigenvalue weighted by Gasteiger charge is 2.17. The maximum atomic E-state index is 6.12. The first kappa shape index (κ1) is 16.4. The van der Waals surface area contributed by atoms with Crippen molar-refractivity contribution in [2.24, 2.45) is 4.99 Å². The lowest BCUT2D eigenvalue weighted by molar-refractivity contribution is 0.549. The predicted molar refractivity (Wildman–Crippen MR) is 93.1 cm³/mol. The topological polar surface area (TPSA) is 47.4 Å². The zero-order valence-electron chi connectivity index (χ0n) is 13.9. The summed E-state index contributed by atoms with van der Waals surface area (Å²) < 4.78 is 6.12. The molecule has 0 atom stereocenters. The van der Waals surface area contributed by atoms with Crippen LogP contribution in [0.4, 0.5) is 0 Å². The molecule has 0 unspecified atom stereocenters. The van der Waals surface area contributed by atoms with Crippen LogP contribution < -0.4 is 4.43 Å². The molecule has 116 valence electrons. The van der Waals surface area contributed by atoms with Gasteiger partial charge in [0, 0.05) is 18.0 Å². The average molecular weight is 313 g/mol. The quantitative estimate of drug-likeness (QED) is 0.619. The fourth-order valence-electron chi connectivity index (χ4n) is 1.92. The zero-order chi connectivity index (χ0) is 16.2. The number of benzene rings is 1. The van der Waals surface area contributed by atoms with Gasteiger partial charge in [-0.1, -0.05) is 18.2 Å². The summed E-state index contributed by atoms with van der Waals surface area (Å²) >= 11 is 0. The number of hydrogen-bond acceptors (Lipinski definition) is 4. The molecule has 22 heavy (non-hydrogen) atoms. The Bertz CT molecular complexity index is 660. The number of aryl methyl sites for hydroxylation is 1. The van der Waals surface area contributed by atoms with Gasteiger partial charge in [0.2, 0.25) is 8.32 Å². The van der Waals surface area contributed by atoms with E-state index in [9.17, 15) is 0 Å². The van der Waals surface area contributed by atoms with E-state index < -0.39 is 8.32 Å². The van der Waals surface area contributed by atoms with Crippen LogP contribution >= 0.6 is 0 Å². The van der Waals surface area contributed by atoms with Crippen LogP contribution in [0.2, 0.25) is 19.6 Å². The molecule has 0 amide bonds. The van der Waals surface area contributed by atoms with Crippen LogP contribution in [0, 0.1) is 6.92 Å². The summed E-state index contributed by atoms with van der Waals surface area (Å²) in [6.45, 7) is 11.0. The van der Waals surface area contributed by atoms with E-state index >= 15 is 0 Å². The second-order valence-electron chi connectivity index (χ2n) is 6.31. The van der Waals surface area contributed by atoms with Gasteiger partial charge >= 0.3 is 0 Å². The van der Waals surface area contributed by atoms with Crippen molar-refractivity contribution in [3.8, 4) is 5.75 Å². The van der Waals surface area contributed by atoms with Gasteiger partial charge in [0.25, 0.3) is 0 Å². The fraction of sp³-hybridized carbons (Fsp3) is 0.353. The molecular formula is C17H23N3OSi. The van der Waals surface area contributed by atoms with Crippen LogP contribution in [0.5, 0.6) is 5.75 Å². The first-order valence-electron chi connectivity index (χ1n) is 7.42. The van der Waals surface area contributed by atoms with Crippen molar-refractivity contribution in [2.75, 3.05) is 0 Å². The molecule has 2 rings (SSSR count). The molecule has 5 heteroatoms. The summed E-state index contributed by atoms with van der Waals surface area (Å²) in [7, 11) is -1.63. The summed E-state index contributed by atoms with van der Waals surface area (Å²) in [4.78, 5) is 13.2. The Labute approximate surface area is 133 Å². The van der Waals surface area contributed by atoms with Crippen LogP contribution in [-0.4, -0.2) is 24.0 Å². The maximum Gasteiger partial charge on any atom is 0.242 e. The van der Waals surface area contributed by atoms with E-state index in [4.69, 9.17) is 4.43 Å². The van der Waals surface area contributed by atoms with E-state index in [-0.39, 0.29) is 0 Å². The predicted octanol–water partition coefficient (Wildman–Crippen LogP) is 4.01. The van der Waals surface area contributed by atoms with Gasteiger partial charge < -0.3 is 4.43 Å². The molecule has 0 aliphatic carbocycles. The van der Waals surface area contributed by atoms with E-state index in [1.807, 2.05) is 44.4 Å². The number of para-hydroxylation sites is 1. The molecule has 0 aliphatic heterocycles. The fourth-order valence-corrected chi connectivity index (χ4v) is 2.78. The van der Waals surface area contributed by atoms with Crippen molar-refractivity contribution in [1.29, 1.82) is 0 Å². The Kier molecular flexibility index (Phi) is 5.08. The Morgan fingerprint density at radius 3 is 2.41 bits per heavy atom. The van der Waals surface area contributed by atoms with E-state index in [1.54, 1.807) is 0 Å². The Hall–Kier alpha value is -2.01. The molecule has 0 bridgehead atoms. The second kappa shape index (κ2) is 6.83. The van der Waals surface area contributed by atoms with Gasteiger partial charge in [0.1, 0.15) is 5.75 Å². The smallest absolute Gasteiger partial charge is 0.242 e. The molecule has 1 heterocycles. The monoisotopic (exact) mass is 313 g/mol. The first-order valence-corrected chi connectivity index (χ1v) is 10.8. The van der Waals surface area contributed by atoms with Crippen LogP contribution in [0.25, 0.3) is 0 Å². The molecule has 0 spiro atoms. The second-order valence-corrected chi connectivity index (χ2v) is 10.7. The molecule has 0 radical (unpaired) electrons. The summed E-state index contributed by atoms with van der Waals surface area (Å²) in [5.74, 6) is 1.61. The molecule has 0 saturated heterocycles. The lowest BCUT2D eigenvalue weighted by Crippen LogP contribution is -2.29. The number of nitrogens with zero attached hydrogens (tertiary/aromatic N) is 3. The minimum atomic E-state index is -1.63. The van der Waals surface area contributed by atoms with Crippen molar-refractivity contribution in [3.63, 3.8) is 0 Å². The van der Waals surface area contributed by atoms with Crippen molar-refractivity contribution in [1.82, 2.24) is 9.97 Å². The third-order valence-electron chi connectivity index (χ3n) is 2.98. The molecule has 0 fully saturated rings. The molecule has 1 aromatic carbocycles. The maximum absolute atomic E-state index is 6.12. The normalized spacial score (nSPS) is 12.3. The standard InChI is InChI=1S/C17H23N3OSi/c1-13-10-19-17(20-11-13)14(2)18-12-15-8-6-7-9-16(15)21-22(3,4)5/h6-11H,12H2,1-5H3. The molecule has 0 aliphatic rings. The lowest BCUT2D eigenvalue weighted by Gasteiger charge is -2.21. The van der Waals surface area contributed by atoms with E-state index in [0.717, 1.165) is 22.6 Å². The summed E-state index contributed by atoms with van der Waals surface area (Å²) in [6.07, 6.45) is 3.62. The van der Waals surface area contributed by atoms with Crippen LogP contribution in [0.15, 0.2) is 41.7 Å². The third kappa shape index (κ3) is 4.77. The highest BCUT2D eigenvalue weighted by Crippen LogP contribution is 2.22. The zero-order valence-corrected chi connectivity index (χ0v) is 14.9. The molecule has 1 aromatic heterocycles. The number of aromatic nitrogens is 2. The minimum absolute atomic E-state index is 0.573. The van der Waals surface area contributed by atoms with Crippen LogP contribution in [-0.2, 0) is 6.54 Å². The summed E-state index contributed by atoms with van der Waals surface area (Å²) in [5, 5.41) is 0. The summed E-state index contributed by atoms with van der Waals surface area (Å²) in [5.41, 5.74) is 2.98. The molecule has 2 aromatic rings.